The summed E-state index contributed by atoms with van der Waals surface area (Å²) in [7, 11) is 0. The Balaban J connectivity index is 1.87. The molecule has 0 radical (unpaired) electrons. The van der Waals surface area contributed by atoms with E-state index in [1.54, 1.807) is 12.3 Å². The summed E-state index contributed by atoms with van der Waals surface area (Å²) in [6.07, 6.45) is 3.02. The van der Waals surface area contributed by atoms with Crippen molar-refractivity contribution >= 4 is 0 Å². The Morgan fingerprint density at radius 1 is 1.47 bits per heavy atom. The maximum absolute atomic E-state index is 11.3. The van der Waals surface area contributed by atoms with E-state index < -0.39 is 0 Å². The van der Waals surface area contributed by atoms with Crippen LogP contribution in [-0.2, 0) is 16.0 Å². The lowest BCUT2D eigenvalue weighted by Crippen LogP contribution is -2.29. The number of aromatic nitrogens is 2. The third-order valence-corrected chi connectivity index (χ3v) is 2.26. The van der Waals surface area contributed by atoms with Crippen LogP contribution in [0.15, 0.2) is 23.1 Å². The summed E-state index contributed by atoms with van der Waals surface area (Å²) in [6.45, 7) is 2.01. The first kappa shape index (κ1) is 10.3. The van der Waals surface area contributed by atoms with E-state index in [2.05, 4.69) is 5.10 Å². The summed E-state index contributed by atoms with van der Waals surface area (Å²) < 4.78 is 12.2. The van der Waals surface area contributed by atoms with E-state index in [-0.39, 0.29) is 11.8 Å². The fourth-order valence-electron chi connectivity index (χ4n) is 1.49. The Labute approximate surface area is 87.6 Å². The average Bonchev–Trinajstić information content (AvgIpc) is 2.29. The Morgan fingerprint density at radius 3 is 3.00 bits per heavy atom. The van der Waals surface area contributed by atoms with Gasteiger partial charge >= 0.3 is 0 Å². The number of hydrogen-bond donors (Lipinski definition) is 0. The third-order valence-electron chi connectivity index (χ3n) is 2.26. The quantitative estimate of drug-likeness (QED) is 0.724. The average molecular weight is 210 g/mol. The van der Waals surface area contributed by atoms with Gasteiger partial charge in [-0.3, -0.25) is 4.79 Å². The largest absolute Gasteiger partial charge is 0.353 e. The zero-order valence-corrected chi connectivity index (χ0v) is 8.46. The molecule has 1 aromatic heterocycles. The van der Waals surface area contributed by atoms with Gasteiger partial charge in [-0.25, -0.2) is 4.68 Å². The second-order valence-corrected chi connectivity index (χ2v) is 3.40. The molecule has 1 fully saturated rings. The molecular weight excluding hydrogens is 196 g/mol. The number of rotatable bonds is 3. The van der Waals surface area contributed by atoms with Crippen LogP contribution in [0.3, 0.4) is 0 Å². The van der Waals surface area contributed by atoms with Crippen LogP contribution in [-0.4, -0.2) is 29.3 Å². The molecule has 1 aliphatic heterocycles. The van der Waals surface area contributed by atoms with Crippen LogP contribution in [0.4, 0.5) is 0 Å². The van der Waals surface area contributed by atoms with Gasteiger partial charge in [0.05, 0.1) is 13.2 Å². The van der Waals surface area contributed by atoms with Crippen molar-refractivity contribution in [3.8, 4) is 0 Å². The maximum atomic E-state index is 11.3. The molecule has 15 heavy (non-hydrogen) atoms. The highest BCUT2D eigenvalue weighted by atomic mass is 16.7. The molecule has 0 atom stereocenters. The first-order valence-corrected chi connectivity index (χ1v) is 5.11. The van der Waals surface area contributed by atoms with Crippen LogP contribution in [0, 0.1) is 0 Å². The van der Waals surface area contributed by atoms with E-state index in [1.807, 2.05) is 0 Å². The second kappa shape index (κ2) is 5.04. The third kappa shape index (κ3) is 2.87. The maximum Gasteiger partial charge on any atom is 0.266 e. The van der Waals surface area contributed by atoms with Gasteiger partial charge in [-0.1, -0.05) is 0 Å². The number of aryl methyl sites for hydroxylation is 1. The predicted octanol–water partition coefficient (Wildman–Crippen LogP) is 0.396. The van der Waals surface area contributed by atoms with Gasteiger partial charge in [-0.15, -0.1) is 0 Å². The van der Waals surface area contributed by atoms with Gasteiger partial charge in [-0.2, -0.15) is 5.10 Å². The Hall–Kier alpha value is -1.20. The molecule has 0 unspecified atom stereocenters. The van der Waals surface area contributed by atoms with Crippen molar-refractivity contribution in [2.24, 2.45) is 0 Å². The van der Waals surface area contributed by atoms with Crippen LogP contribution in [0.25, 0.3) is 0 Å². The highest BCUT2D eigenvalue weighted by Gasteiger charge is 2.14. The van der Waals surface area contributed by atoms with E-state index >= 15 is 0 Å². The van der Waals surface area contributed by atoms with Crippen LogP contribution >= 0.6 is 0 Å². The normalized spacial score (nSPS) is 17.9. The van der Waals surface area contributed by atoms with Crippen molar-refractivity contribution in [1.29, 1.82) is 0 Å². The van der Waals surface area contributed by atoms with Crippen LogP contribution in [0.2, 0.25) is 0 Å². The van der Waals surface area contributed by atoms with Crippen molar-refractivity contribution in [3.05, 3.63) is 28.7 Å². The van der Waals surface area contributed by atoms with Gasteiger partial charge in [0.25, 0.3) is 5.56 Å². The van der Waals surface area contributed by atoms with Gasteiger partial charge in [-0.05, 0) is 12.5 Å². The molecule has 0 spiro atoms. The minimum absolute atomic E-state index is 0.0895. The Kier molecular flexibility index (Phi) is 3.47. The molecule has 1 saturated heterocycles. The zero-order chi connectivity index (χ0) is 10.5. The fourth-order valence-corrected chi connectivity index (χ4v) is 1.49. The second-order valence-electron chi connectivity index (χ2n) is 3.40. The SMILES string of the molecule is O=c1cccnn1CCC1OCCCO1. The molecule has 2 heterocycles. The van der Waals surface area contributed by atoms with E-state index in [0.717, 1.165) is 19.6 Å². The summed E-state index contributed by atoms with van der Waals surface area (Å²) in [6, 6.07) is 3.13. The zero-order valence-electron chi connectivity index (χ0n) is 8.46. The lowest BCUT2D eigenvalue weighted by atomic mass is 10.3. The van der Waals surface area contributed by atoms with Crippen molar-refractivity contribution in [2.45, 2.75) is 25.7 Å². The van der Waals surface area contributed by atoms with Crippen molar-refractivity contribution in [3.63, 3.8) is 0 Å². The molecule has 0 saturated carbocycles. The number of ether oxygens (including phenoxy) is 2. The van der Waals surface area contributed by atoms with Crippen LogP contribution < -0.4 is 5.56 Å². The predicted molar refractivity (Wildman–Crippen MR) is 53.4 cm³/mol. The molecule has 0 N–H and O–H groups in total. The molecule has 0 aromatic carbocycles. The summed E-state index contributed by atoms with van der Waals surface area (Å²) in [5, 5.41) is 3.96. The summed E-state index contributed by atoms with van der Waals surface area (Å²) in [5.41, 5.74) is -0.0895. The highest BCUT2D eigenvalue weighted by Crippen LogP contribution is 2.08. The smallest absolute Gasteiger partial charge is 0.266 e. The lowest BCUT2D eigenvalue weighted by Gasteiger charge is -2.22. The minimum Gasteiger partial charge on any atom is -0.353 e. The topological polar surface area (TPSA) is 53.4 Å². The van der Waals surface area contributed by atoms with E-state index in [4.69, 9.17) is 9.47 Å². The molecule has 2 rings (SSSR count). The molecule has 1 aromatic rings. The van der Waals surface area contributed by atoms with Crippen molar-refractivity contribution in [2.75, 3.05) is 13.2 Å². The standard InChI is InChI=1S/C10H14N2O3/c13-9-3-1-5-11-12(9)6-4-10-14-7-2-8-15-10/h1,3,5,10H,2,4,6-8H2. The van der Waals surface area contributed by atoms with Gasteiger partial charge in [0.1, 0.15) is 0 Å². The number of nitrogens with zero attached hydrogens (tertiary/aromatic N) is 2. The fraction of sp³-hybridized carbons (Fsp3) is 0.600. The van der Waals surface area contributed by atoms with E-state index in [1.165, 1.54) is 10.7 Å². The molecule has 5 heteroatoms. The van der Waals surface area contributed by atoms with E-state index in [9.17, 15) is 4.79 Å². The molecule has 82 valence electrons. The molecule has 0 amide bonds. The minimum atomic E-state index is -0.187. The van der Waals surface area contributed by atoms with Crippen LogP contribution in [0.1, 0.15) is 12.8 Å². The van der Waals surface area contributed by atoms with Gasteiger partial charge in [0.2, 0.25) is 0 Å². The van der Waals surface area contributed by atoms with Gasteiger partial charge < -0.3 is 9.47 Å². The molecule has 0 aliphatic carbocycles. The first-order chi connectivity index (χ1) is 7.36. The first-order valence-electron chi connectivity index (χ1n) is 5.11. The molecule has 0 bridgehead atoms. The van der Waals surface area contributed by atoms with Crippen molar-refractivity contribution in [1.82, 2.24) is 9.78 Å². The molecule has 1 aliphatic rings. The Bertz CT molecular complexity index is 358. The number of hydrogen-bond acceptors (Lipinski definition) is 4. The van der Waals surface area contributed by atoms with Gasteiger partial charge in [0, 0.05) is 25.2 Å². The van der Waals surface area contributed by atoms with Gasteiger partial charge in [0.15, 0.2) is 6.29 Å². The lowest BCUT2D eigenvalue weighted by molar-refractivity contribution is -0.182. The summed E-state index contributed by atoms with van der Waals surface area (Å²) >= 11 is 0. The molecular formula is C10H14N2O3. The Morgan fingerprint density at radius 2 is 2.27 bits per heavy atom. The summed E-state index contributed by atoms with van der Waals surface area (Å²) in [5.74, 6) is 0. The van der Waals surface area contributed by atoms with Crippen LogP contribution in [0.5, 0.6) is 0 Å². The van der Waals surface area contributed by atoms with E-state index in [0.29, 0.717) is 13.0 Å². The highest BCUT2D eigenvalue weighted by molar-refractivity contribution is 4.84. The monoisotopic (exact) mass is 210 g/mol. The van der Waals surface area contributed by atoms with Crippen molar-refractivity contribution < 1.29 is 9.47 Å². The molecule has 5 nitrogen and oxygen atoms in total. The summed E-state index contributed by atoms with van der Waals surface area (Å²) in [4.78, 5) is 11.3.